The third-order valence-corrected chi connectivity index (χ3v) is 2.61. The number of fused-ring (bicyclic) bond motifs is 3. The number of nitrogens with zero attached hydrogens (tertiary/aromatic N) is 2. The van der Waals surface area contributed by atoms with E-state index in [1.54, 1.807) is 0 Å². The molecule has 2 aliphatic rings. The Bertz CT molecular complexity index is 442. The summed E-state index contributed by atoms with van der Waals surface area (Å²) in [6.45, 7) is 0.529. The molecular formula is C10H8N2O2. The van der Waals surface area contributed by atoms with Crippen LogP contribution in [0.1, 0.15) is 12.0 Å². The Kier molecular flexibility index (Phi) is 1.27. The molecule has 0 N–H and O–H groups in total. The van der Waals surface area contributed by atoms with Crippen molar-refractivity contribution >= 4 is 17.5 Å². The molecule has 0 aromatic heterocycles. The van der Waals surface area contributed by atoms with Gasteiger partial charge in [-0.2, -0.15) is 0 Å². The molecule has 1 saturated heterocycles. The number of anilines is 1. The van der Waals surface area contributed by atoms with Crippen LogP contribution in [0.2, 0.25) is 0 Å². The van der Waals surface area contributed by atoms with Gasteiger partial charge in [-0.1, -0.05) is 18.2 Å². The maximum Gasteiger partial charge on any atom is 0.255 e. The lowest BCUT2D eigenvalue weighted by atomic mass is 10.2. The van der Waals surface area contributed by atoms with Crippen molar-refractivity contribution in [3.63, 3.8) is 0 Å². The Labute approximate surface area is 80.7 Å². The first-order valence-corrected chi connectivity index (χ1v) is 4.48. The van der Waals surface area contributed by atoms with E-state index in [2.05, 4.69) is 0 Å². The number of benzene rings is 1. The van der Waals surface area contributed by atoms with E-state index >= 15 is 0 Å². The van der Waals surface area contributed by atoms with E-state index in [1.807, 2.05) is 24.3 Å². The minimum absolute atomic E-state index is 0.00827. The number of carbonyl (C=O) groups is 2. The molecule has 1 fully saturated rings. The average Bonchev–Trinajstić information content (AvgIpc) is 2.66. The lowest BCUT2D eigenvalue weighted by Gasteiger charge is -2.18. The number of hydrazine groups is 1. The zero-order valence-electron chi connectivity index (χ0n) is 7.43. The molecule has 4 nitrogen and oxygen atoms in total. The lowest BCUT2D eigenvalue weighted by Crippen LogP contribution is -2.35. The van der Waals surface area contributed by atoms with Crippen molar-refractivity contribution in [3.8, 4) is 0 Å². The van der Waals surface area contributed by atoms with Gasteiger partial charge < -0.3 is 0 Å². The third-order valence-electron chi connectivity index (χ3n) is 2.61. The molecule has 0 radical (unpaired) electrons. The molecular weight excluding hydrogens is 180 g/mol. The average molecular weight is 188 g/mol. The Morgan fingerprint density at radius 3 is 2.71 bits per heavy atom. The molecule has 1 aromatic carbocycles. The molecule has 0 aliphatic carbocycles. The Morgan fingerprint density at radius 1 is 1.07 bits per heavy atom. The zero-order chi connectivity index (χ0) is 9.71. The van der Waals surface area contributed by atoms with Crippen molar-refractivity contribution < 1.29 is 9.59 Å². The van der Waals surface area contributed by atoms with Crippen molar-refractivity contribution in [3.05, 3.63) is 29.8 Å². The van der Waals surface area contributed by atoms with Gasteiger partial charge in [-0.15, -0.1) is 0 Å². The van der Waals surface area contributed by atoms with E-state index in [4.69, 9.17) is 0 Å². The summed E-state index contributed by atoms with van der Waals surface area (Å²) in [7, 11) is 0. The second-order valence-electron chi connectivity index (χ2n) is 3.46. The summed E-state index contributed by atoms with van der Waals surface area (Å²) < 4.78 is 0. The number of hydrogen-bond acceptors (Lipinski definition) is 2. The molecule has 0 bridgehead atoms. The van der Waals surface area contributed by atoms with Gasteiger partial charge in [-0.3, -0.25) is 9.59 Å². The number of carbonyl (C=O) groups excluding carboxylic acids is 2. The highest BCUT2D eigenvalue weighted by atomic mass is 16.2. The minimum atomic E-state index is -0.125. The highest BCUT2D eigenvalue weighted by Gasteiger charge is 2.41. The van der Waals surface area contributed by atoms with Gasteiger partial charge in [0.1, 0.15) is 6.42 Å². The highest BCUT2D eigenvalue weighted by Crippen LogP contribution is 2.35. The van der Waals surface area contributed by atoms with Gasteiger partial charge >= 0.3 is 0 Å². The van der Waals surface area contributed by atoms with Crippen LogP contribution in [0.15, 0.2) is 24.3 Å². The number of amides is 2. The standard InChI is InChI=1S/C10H8N2O2/c13-9-5-10(14)12-8-4-2-1-3-7(8)6-11(9)12/h1-4H,5-6H2. The van der Waals surface area contributed by atoms with E-state index in [0.717, 1.165) is 11.3 Å². The fraction of sp³-hybridized carbons (Fsp3) is 0.200. The summed E-state index contributed by atoms with van der Waals surface area (Å²) in [4.78, 5) is 22.9. The van der Waals surface area contributed by atoms with Gasteiger partial charge in [0.15, 0.2) is 0 Å². The molecule has 3 rings (SSSR count). The van der Waals surface area contributed by atoms with Crippen LogP contribution in [0.25, 0.3) is 0 Å². The van der Waals surface area contributed by atoms with E-state index in [9.17, 15) is 9.59 Å². The van der Waals surface area contributed by atoms with E-state index in [1.165, 1.54) is 10.0 Å². The highest BCUT2D eigenvalue weighted by molar-refractivity contribution is 6.13. The number of hydrogen-bond donors (Lipinski definition) is 0. The molecule has 4 heteroatoms. The molecule has 14 heavy (non-hydrogen) atoms. The van der Waals surface area contributed by atoms with Crippen molar-refractivity contribution in [2.24, 2.45) is 0 Å². The predicted molar refractivity (Wildman–Crippen MR) is 49.1 cm³/mol. The molecule has 70 valence electrons. The Hall–Kier alpha value is -1.84. The topological polar surface area (TPSA) is 40.6 Å². The summed E-state index contributed by atoms with van der Waals surface area (Å²) in [5.74, 6) is -0.230. The van der Waals surface area contributed by atoms with E-state index in [-0.39, 0.29) is 18.2 Å². The third kappa shape index (κ3) is 0.775. The fourth-order valence-electron chi connectivity index (χ4n) is 1.98. The van der Waals surface area contributed by atoms with Crippen LogP contribution in [-0.4, -0.2) is 16.8 Å². The van der Waals surface area contributed by atoms with Gasteiger partial charge in [0.25, 0.3) is 11.8 Å². The Balaban J connectivity index is 2.15. The molecule has 1 aromatic rings. The molecule has 2 amide bonds. The summed E-state index contributed by atoms with van der Waals surface area (Å²) in [6, 6.07) is 7.59. The van der Waals surface area contributed by atoms with Crippen molar-refractivity contribution in [1.82, 2.24) is 5.01 Å². The molecule has 0 atom stereocenters. The summed E-state index contributed by atoms with van der Waals surface area (Å²) in [6.07, 6.45) is 0.00827. The fourth-order valence-corrected chi connectivity index (χ4v) is 1.98. The predicted octanol–water partition coefficient (Wildman–Crippen LogP) is 0.681. The summed E-state index contributed by atoms with van der Waals surface area (Å²) in [5.41, 5.74) is 1.89. The van der Waals surface area contributed by atoms with Gasteiger partial charge in [-0.05, 0) is 11.6 Å². The van der Waals surface area contributed by atoms with Crippen molar-refractivity contribution in [2.75, 3.05) is 5.01 Å². The van der Waals surface area contributed by atoms with Gasteiger partial charge in [0.2, 0.25) is 0 Å². The maximum atomic E-state index is 11.5. The molecule has 0 saturated carbocycles. The number of rotatable bonds is 0. The van der Waals surface area contributed by atoms with Crippen LogP contribution in [-0.2, 0) is 16.1 Å². The van der Waals surface area contributed by atoms with Gasteiger partial charge in [0.05, 0.1) is 12.2 Å². The van der Waals surface area contributed by atoms with Crippen LogP contribution in [0.3, 0.4) is 0 Å². The first-order valence-electron chi connectivity index (χ1n) is 4.48. The lowest BCUT2D eigenvalue weighted by molar-refractivity contribution is -0.128. The van der Waals surface area contributed by atoms with Crippen LogP contribution in [0.5, 0.6) is 0 Å². The molecule has 2 aliphatic heterocycles. The summed E-state index contributed by atoms with van der Waals surface area (Å²) in [5, 5.41) is 2.99. The largest absolute Gasteiger partial charge is 0.272 e. The zero-order valence-corrected chi connectivity index (χ0v) is 7.43. The van der Waals surface area contributed by atoms with E-state index in [0.29, 0.717) is 6.54 Å². The first kappa shape index (κ1) is 7.55. The Morgan fingerprint density at radius 2 is 1.86 bits per heavy atom. The second kappa shape index (κ2) is 2.35. The quantitative estimate of drug-likeness (QED) is 0.562. The van der Waals surface area contributed by atoms with E-state index < -0.39 is 0 Å². The van der Waals surface area contributed by atoms with Gasteiger partial charge in [-0.25, -0.2) is 10.0 Å². The van der Waals surface area contributed by atoms with Crippen molar-refractivity contribution in [2.45, 2.75) is 13.0 Å². The maximum absolute atomic E-state index is 11.5. The smallest absolute Gasteiger partial charge is 0.255 e. The normalized spacial score (nSPS) is 18.9. The second-order valence-corrected chi connectivity index (χ2v) is 3.46. The van der Waals surface area contributed by atoms with Crippen LogP contribution in [0, 0.1) is 0 Å². The first-order chi connectivity index (χ1) is 6.77. The van der Waals surface area contributed by atoms with Crippen LogP contribution < -0.4 is 5.01 Å². The minimum Gasteiger partial charge on any atom is -0.272 e. The molecule has 0 unspecified atom stereocenters. The monoisotopic (exact) mass is 188 g/mol. The molecule has 0 spiro atoms. The SMILES string of the molecule is O=C1CC(=O)N2c3ccccc3CN12. The van der Waals surface area contributed by atoms with Crippen LogP contribution in [0.4, 0.5) is 5.69 Å². The number of para-hydroxylation sites is 1. The molecule has 2 heterocycles. The van der Waals surface area contributed by atoms with Crippen molar-refractivity contribution in [1.29, 1.82) is 0 Å². The van der Waals surface area contributed by atoms with Gasteiger partial charge in [0, 0.05) is 0 Å². The van der Waals surface area contributed by atoms with Crippen LogP contribution >= 0.6 is 0 Å². The summed E-state index contributed by atoms with van der Waals surface area (Å²) >= 11 is 0.